The summed E-state index contributed by atoms with van der Waals surface area (Å²) in [6, 6.07) is 1.90. The van der Waals surface area contributed by atoms with E-state index in [-0.39, 0.29) is 5.92 Å². The standard InChI is InChI=1S/C11H12BrNO/c12-10-5-6-13-7-9(10)8-3-1-2-4-11(8)14/h5-8H,1-4H2. The Morgan fingerprint density at radius 3 is 3.00 bits per heavy atom. The van der Waals surface area contributed by atoms with Crippen LogP contribution in [0, 0.1) is 0 Å². The fraction of sp³-hybridized carbons (Fsp3) is 0.455. The van der Waals surface area contributed by atoms with Crippen molar-refractivity contribution in [2.45, 2.75) is 31.6 Å². The highest BCUT2D eigenvalue weighted by Gasteiger charge is 2.25. The lowest BCUT2D eigenvalue weighted by Gasteiger charge is -2.21. The molecule has 1 aliphatic rings. The Morgan fingerprint density at radius 2 is 2.29 bits per heavy atom. The van der Waals surface area contributed by atoms with Crippen LogP contribution in [-0.2, 0) is 4.79 Å². The van der Waals surface area contributed by atoms with Crippen LogP contribution in [0.2, 0.25) is 0 Å². The lowest BCUT2D eigenvalue weighted by molar-refractivity contribution is -0.121. The number of hydrogen-bond acceptors (Lipinski definition) is 2. The van der Waals surface area contributed by atoms with Gasteiger partial charge in [-0.25, -0.2) is 0 Å². The second-order valence-electron chi connectivity index (χ2n) is 3.66. The summed E-state index contributed by atoms with van der Waals surface area (Å²) in [5.41, 5.74) is 1.05. The molecule has 1 aromatic heterocycles. The van der Waals surface area contributed by atoms with Crippen LogP contribution in [0.15, 0.2) is 22.9 Å². The van der Waals surface area contributed by atoms with Crippen molar-refractivity contribution in [1.29, 1.82) is 0 Å². The van der Waals surface area contributed by atoms with Gasteiger partial charge in [0, 0.05) is 29.2 Å². The van der Waals surface area contributed by atoms with E-state index in [0.29, 0.717) is 5.78 Å². The molecule has 2 nitrogen and oxygen atoms in total. The largest absolute Gasteiger partial charge is 0.299 e. The Hall–Kier alpha value is -0.700. The SMILES string of the molecule is O=C1CCCCC1c1cnccc1Br. The molecule has 1 heterocycles. The van der Waals surface area contributed by atoms with Gasteiger partial charge in [0.1, 0.15) is 5.78 Å². The first-order valence-corrected chi connectivity index (χ1v) is 5.70. The number of nitrogens with zero attached hydrogens (tertiary/aromatic N) is 1. The quantitative estimate of drug-likeness (QED) is 0.770. The van der Waals surface area contributed by atoms with E-state index in [1.54, 1.807) is 12.4 Å². The third-order valence-electron chi connectivity index (χ3n) is 2.73. The number of rotatable bonds is 1. The molecule has 2 rings (SSSR count). The maximum atomic E-state index is 11.7. The topological polar surface area (TPSA) is 30.0 Å². The van der Waals surface area contributed by atoms with Gasteiger partial charge in [-0.05, 0) is 24.5 Å². The number of carbonyl (C=O) groups is 1. The molecular weight excluding hydrogens is 242 g/mol. The summed E-state index contributed by atoms with van der Waals surface area (Å²) >= 11 is 3.47. The van der Waals surface area contributed by atoms with Gasteiger partial charge in [0.15, 0.2) is 0 Å². The van der Waals surface area contributed by atoms with Crippen molar-refractivity contribution < 1.29 is 4.79 Å². The summed E-state index contributed by atoms with van der Waals surface area (Å²) in [5.74, 6) is 0.441. The molecule has 0 spiro atoms. The number of aromatic nitrogens is 1. The Labute approximate surface area is 91.9 Å². The van der Waals surface area contributed by atoms with Crippen molar-refractivity contribution in [3.63, 3.8) is 0 Å². The number of pyridine rings is 1. The zero-order valence-electron chi connectivity index (χ0n) is 7.87. The van der Waals surface area contributed by atoms with Crippen LogP contribution in [-0.4, -0.2) is 10.8 Å². The molecule has 1 atom stereocenters. The third-order valence-corrected chi connectivity index (χ3v) is 3.45. The zero-order chi connectivity index (χ0) is 9.97. The molecule has 14 heavy (non-hydrogen) atoms. The van der Waals surface area contributed by atoms with Crippen molar-refractivity contribution >= 4 is 21.7 Å². The molecule has 0 aromatic carbocycles. The molecule has 1 aromatic rings. The van der Waals surface area contributed by atoms with Crippen LogP contribution >= 0.6 is 15.9 Å². The predicted octanol–water partition coefficient (Wildman–Crippen LogP) is 3.07. The Kier molecular flexibility index (Phi) is 2.96. The molecule has 0 aliphatic heterocycles. The first-order chi connectivity index (χ1) is 6.79. The van der Waals surface area contributed by atoms with E-state index in [9.17, 15) is 4.79 Å². The summed E-state index contributed by atoms with van der Waals surface area (Å²) in [7, 11) is 0. The summed E-state index contributed by atoms with van der Waals surface area (Å²) < 4.78 is 1.01. The summed E-state index contributed by atoms with van der Waals surface area (Å²) in [4.78, 5) is 15.8. The van der Waals surface area contributed by atoms with Gasteiger partial charge in [-0.1, -0.05) is 22.4 Å². The Morgan fingerprint density at radius 1 is 1.43 bits per heavy atom. The molecule has 74 valence electrons. The van der Waals surface area contributed by atoms with Crippen LogP contribution in [0.4, 0.5) is 0 Å². The van der Waals surface area contributed by atoms with Crippen molar-refractivity contribution in [3.05, 3.63) is 28.5 Å². The van der Waals surface area contributed by atoms with E-state index in [1.807, 2.05) is 6.07 Å². The van der Waals surface area contributed by atoms with Crippen LogP contribution in [0.1, 0.15) is 37.2 Å². The first kappa shape index (κ1) is 9.84. The van der Waals surface area contributed by atoms with Crippen LogP contribution < -0.4 is 0 Å². The monoisotopic (exact) mass is 253 g/mol. The van der Waals surface area contributed by atoms with Crippen LogP contribution in [0.3, 0.4) is 0 Å². The van der Waals surface area contributed by atoms with E-state index in [2.05, 4.69) is 20.9 Å². The molecule has 0 saturated heterocycles. The normalized spacial score (nSPS) is 22.4. The van der Waals surface area contributed by atoms with Gasteiger partial charge in [0.05, 0.1) is 0 Å². The lowest BCUT2D eigenvalue weighted by Crippen LogP contribution is -2.17. The average molecular weight is 254 g/mol. The van der Waals surface area contributed by atoms with Crippen LogP contribution in [0.25, 0.3) is 0 Å². The van der Waals surface area contributed by atoms with Gasteiger partial charge in [-0.3, -0.25) is 9.78 Å². The van der Waals surface area contributed by atoms with Crippen LogP contribution in [0.5, 0.6) is 0 Å². The zero-order valence-corrected chi connectivity index (χ0v) is 9.46. The molecule has 3 heteroatoms. The molecule has 0 bridgehead atoms. The second kappa shape index (κ2) is 4.22. The summed E-state index contributed by atoms with van der Waals surface area (Å²) in [6.07, 6.45) is 7.44. The maximum absolute atomic E-state index is 11.7. The Bertz CT molecular complexity index is 351. The minimum atomic E-state index is 0.0758. The number of Topliss-reactive ketones (excluding diaryl/α,β-unsaturated/α-hetero) is 1. The average Bonchev–Trinajstić information content (AvgIpc) is 2.20. The number of ketones is 1. The Balaban J connectivity index is 2.29. The highest BCUT2D eigenvalue weighted by atomic mass is 79.9. The van der Waals surface area contributed by atoms with Crippen molar-refractivity contribution in [1.82, 2.24) is 4.98 Å². The predicted molar refractivity (Wildman–Crippen MR) is 58.2 cm³/mol. The molecule has 1 saturated carbocycles. The van der Waals surface area contributed by atoms with E-state index in [1.165, 1.54) is 0 Å². The minimum absolute atomic E-state index is 0.0758. The minimum Gasteiger partial charge on any atom is -0.299 e. The fourth-order valence-corrected chi connectivity index (χ4v) is 2.45. The van der Waals surface area contributed by atoms with Gasteiger partial charge in [0.25, 0.3) is 0 Å². The fourth-order valence-electron chi connectivity index (χ4n) is 1.96. The molecule has 0 amide bonds. The van der Waals surface area contributed by atoms with Gasteiger partial charge in [0.2, 0.25) is 0 Å². The van der Waals surface area contributed by atoms with Gasteiger partial charge < -0.3 is 0 Å². The highest BCUT2D eigenvalue weighted by Crippen LogP contribution is 2.33. The second-order valence-corrected chi connectivity index (χ2v) is 4.52. The molecule has 0 N–H and O–H groups in total. The number of hydrogen-bond donors (Lipinski definition) is 0. The van der Waals surface area contributed by atoms with E-state index < -0.39 is 0 Å². The molecule has 0 radical (unpaired) electrons. The van der Waals surface area contributed by atoms with Gasteiger partial charge >= 0.3 is 0 Å². The smallest absolute Gasteiger partial charge is 0.140 e. The van der Waals surface area contributed by atoms with Crippen molar-refractivity contribution in [2.75, 3.05) is 0 Å². The van der Waals surface area contributed by atoms with Gasteiger partial charge in [-0.15, -0.1) is 0 Å². The number of halogens is 1. The van der Waals surface area contributed by atoms with Crippen molar-refractivity contribution in [3.8, 4) is 0 Å². The van der Waals surface area contributed by atoms with Gasteiger partial charge in [-0.2, -0.15) is 0 Å². The molecule has 1 unspecified atom stereocenters. The number of carbonyl (C=O) groups excluding carboxylic acids is 1. The van der Waals surface area contributed by atoms with E-state index >= 15 is 0 Å². The summed E-state index contributed by atoms with van der Waals surface area (Å²) in [5, 5.41) is 0. The first-order valence-electron chi connectivity index (χ1n) is 4.91. The third kappa shape index (κ3) is 1.87. The highest BCUT2D eigenvalue weighted by molar-refractivity contribution is 9.10. The summed E-state index contributed by atoms with van der Waals surface area (Å²) in [6.45, 7) is 0. The molecule has 1 fully saturated rings. The lowest BCUT2D eigenvalue weighted by atomic mass is 9.84. The van der Waals surface area contributed by atoms with E-state index in [4.69, 9.17) is 0 Å². The maximum Gasteiger partial charge on any atom is 0.140 e. The van der Waals surface area contributed by atoms with Crippen molar-refractivity contribution in [2.24, 2.45) is 0 Å². The molecular formula is C11H12BrNO. The molecule has 1 aliphatic carbocycles. The van der Waals surface area contributed by atoms with E-state index in [0.717, 1.165) is 35.7 Å².